The predicted molar refractivity (Wildman–Crippen MR) is 113 cm³/mol. The normalized spacial score (nSPS) is 15.7. The fraction of sp³-hybridized carbons (Fsp3) is 0.300. The average Bonchev–Trinajstić information content (AvgIpc) is 3.07. The van der Waals surface area contributed by atoms with Gasteiger partial charge in [0.2, 0.25) is 5.91 Å². The SMILES string of the molecule is CC1(CC(=O)N/N=C\c2cc(Br)cc(Br)c2OCc2ccccc2)OCCO1. The average molecular weight is 512 g/mol. The minimum atomic E-state index is -0.887. The van der Waals surface area contributed by atoms with E-state index >= 15 is 0 Å². The first-order chi connectivity index (χ1) is 13.5. The van der Waals surface area contributed by atoms with E-state index < -0.39 is 5.79 Å². The quantitative estimate of drug-likeness (QED) is 0.442. The Morgan fingerprint density at radius 3 is 2.68 bits per heavy atom. The number of halogens is 2. The molecule has 3 rings (SSSR count). The lowest BCUT2D eigenvalue weighted by atomic mass is 10.2. The second-order valence-corrected chi connectivity index (χ2v) is 8.15. The summed E-state index contributed by atoms with van der Waals surface area (Å²) in [5.74, 6) is -0.538. The van der Waals surface area contributed by atoms with E-state index in [-0.39, 0.29) is 12.3 Å². The lowest BCUT2D eigenvalue weighted by Gasteiger charge is -2.20. The Labute approximate surface area is 180 Å². The van der Waals surface area contributed by atoms with Gasteiger partial charge in [0.05, 0.1) is 30.3 Å². The van der Waals surface area contributed by atoms with E-state index in [9.17, 15) is 4.79 Å². The maximum Gasteiger partial charge on any atom is 0.245 e. The molecular weight excluding hydrogens is 492 g/mol. The van der Waals surface area contributed by atoms with E-state index in [0.29, 0.717) is 25.6 Å². The third kappa shape index (κ3) is 5.88. The van der Waals surface area contributed by atoms with Gasteiger partial charge < -0.3 is 14.2 Å². The predicted octanol–water partition coefficient (Wildman–Crippen LogP) is 4.39. The number of rotatable bonds is 7. The molecule has 148 valence electrons. The van der Waals surface area contributed by atoms with Crippen molar-refractivity contribution >= 4 is 44.0 Å². The molecule has 1 N–H and O–H groups in total. The first-order valence-electron chi connectivity index (χ1n) is 8.71. The molecule has 0 bridgehead atoms. The molecule has 0 aliphatic carbocycles. The summed E-state index contributed by atoms with van der Waals surface area (Å²) in [4.78, 5) is 12.1. The maximum absolute atomic E-state index is 12.1. The standard InChI is InChI=1S/C20H20Br2N2O4/c1-20(27-7-8-28-20)11-18(25)24-23-12-15-9-16(21)10-17(22)19(15)26-13-14-5-3-2-4-6-14/h2-6,9-10,12H,7-8,11,13H2,1H3,(H,24,25)/b23-12-. The first-order valence-corrected chi connectivity index (χ1v) is 10.3. The monoisotopic (exact) mass is 510 g/mol. The Morgan fingerprint density at radius 1 is 1.25 bits per heavy atom. The lowest BCUT2D eigenvalue weighted by Crippen LogP contribution is -2.33. The Bertz CT molecular complexity index is 853. The van der Waals surface area contributed by atoms with Gasteiger partial charge in [-0.15, -0.1) is 0 Å². The molecule has 8 heteroatoms. The van der Waals surface area contributed by atoms with E-state index in [4.69, 9.17) is 14.2 Å². The Hall–Kier alpha value is -1.74. The Balaban J connectivity index is 1.66. The zero-order valence-electron chi connectivity index (χ0n) is 15.3. The van der Waals surface area contributed by atoms with Gasteiger partial charge >= 0.3 is 0 Å². The van der Waals surface area contributed by atoms with E-state index in [0.717, 1.165) is 20.1 Å². The molecule has 0 spiro atoms. The van der Waals surface area contributed by atoms with Gasteiger partial charge in [0.15, 0.2) is 5.79 Å². The van der Waals surface area contributed by atoms with Crippen LogP contribution in [0, 0.1) is 0 Å². The number of nitrogens with zero attached hydrogens (tertiary/aromatic N) is 1. The molecule has 1 heterocycles. The highest BCUT2D eigenvalue weighted by molar-refractivity contribution is 9.11. The fourth-order valence-corrected chi connectivity index (χ4v) is 4.09. The molecule has 6 nitrogen and oxygen atoms in total. The zero-order valence-corrected chi connectivity index (χ0v) is 18.5. The first kappa shape index (κ1) is 21.0. The molecule has 0 atom stereocenters. The maximum atomic E-state index is 12.1. The molecule has 1 saturated heterocycles. The molecule has 0 unspecified atom stereocenters. The van der Waals surface area contributed by atoms with Crippen LogP contribution >= 0.6 is 31.9 Å². The topological polar surface area (TPSA) is 69.2 Å². The molecule has 1 amide bonds. The second kappa shape index (κ2) is 9.65. The molecule has 2 aromatic rings. The third-order valence-electron chi connectivity index (χ3n) is 4.04. The van der Waals surface area contributed by atoms with Crippen molar-refractivity contribution in [1.29, 1.82) is 0 Å². The van der Waals surface area contributed by atoms with Crippen molar-refractivity contribution in [3.63, 3.8) is 0 Å². The third-order valence-corrected chi connectivity index (χ3v) is 5.08. The highest BCUT2D eigenvalue weighted by Gasteiger charge is 2.33. The highest BCUT2D eigenvalue weighted by atomic mass is 79.9. The van der Waals surface area contributed by atoms with Crippen LogP contribution in [0.4, 0.5) is 0 Å². The number of amides is 1. The number of hydrazone groups is 1. The number of nitrogens with one attached hydrogen (secondary N) is 1. The van der Waals surface area contributed by atoms with Crippen molar-refractivity contribution in [2.24, 2.45) is 5.10 Å². The summed E-state index contributed by atoms with van der Waals surface area (Å²) in [7, 11) is 0. The fourth-order valence-electron chi connectivity index (χ4n) is 2.72. The van der Waals surface area contributed by atoms with Crippen molar-refractivity contribution in [1.82, 2.24) is 5.43 Å². The minimum absolute atomic E-state index is 0.0733. The van der Waals surface area contributed by atoms with Crippen LogP contribution in [0.5, 0.6) is 5.75 Å². The summed E-state index contributed by atoms with van der Waals surface area (Å²) >= 11 is 6.98. The van der Waals surface area contributed by atoms with Crippen LogP contribution in [0.25, 0.3) is 0 Å². The van der Waals surface area contributed by atoms with Crippen LogP contribution in [0.3, 0.4) is 0 Å². The summed E-state index contributed by atoms with van der Waals surface area (Å²) in [6.07, 6.45) is 1.62. The molecule has 1 fully saturated rings. The summed E-state index contributed by atoms with van der Waals surface area (Å²) in [5.41, 5.74) is 4.28. The van der Waals surface area contributed by atoms with Crippen molar-refractivity contribution in [3.8, 4) is 5.75 Å². The van der Waals surface area contributed by atoms with Gasteiger partial charge in [0, 0.05) is 10.0 Å². The number of hydrogen-bond donors (Lipinski definition) is 1. The molecule has 1 aliphatic heterocycles. The zero-order chi connectivity index (χ0) is 20.0. The van der Waals surface area contributed by atoms with E-state index in [1.807, 2.05) is 42.5 Å². The molecule has 0 radical (unpaired) electrons. The van der Waals surface area contributed by atoms with Crippen molar-refractivity contribution in [3.05, 3.63) is 62.5 Å². The minimum Gasteiger partial charge on any atom is -0.487 e. The van der Waals surface area contributed by atoms with Crippen LogP contribution in [-0.4, -0.2) is 31.1 Å². The molecule has 28 heavy (non-hydrogen) atoms. The molecule has 1 aliphatic rings. The van der Waals surface area contributed by atoms with Crippen molar-refractivity contribution in [2.45, 2.75) is 25.7 Å². The van der Waals surface area contributed by atoms with E-state index in [2.05, 4.69) is 42.4 Å². The van der Waals surface area contributed by atoms with Gasteiger partial charge in [-0.05, 0) is 40.5 Å². The van der Waals surface area contributed by atoms with Gasteiger partial charge in [-0.2, -0.15) is 5.10 Å². The summed E-state index contributed by atoms with van der Waals surface area (Å²) in [6, 6.07) is 13.6. The Morgan fingerprint density at radius 2 is 1.96 bits per heavy atom. The van der Waals surface area contributed by atoms with Gasteiger partial charge in [-0.25, -0.2) is 5.43 Å². The van der Waals surface area contributed by atoms with E-state index in [1.54, 1.807) is 13.1 Å². The summed E-state index contributed by atoms with van der Waals surface area (Å²) in [5, 5.41) is 4.06. The van der Waals surface area contributed by atoms with Gasteiger partial charge in [-0.1, -0.05) is 46.3 Å². The van der Waals surface area contributed by atoms with Crippen molar-refractivity contribution < 1.29 is 19.0 Å². The van der Waals surface area contributed by atoms with Gasteiger partial charge in [0.1, 0.15) is 12.4 Å². The molecule has 0 aromatic heterocycles. The lowest BCUT2D eigenvalue weighted by molar-refractivity contribution is -0.159. The Kier molecular flexibility index (Phi) is 7.23. The number of carbonyl (C=O) groups excluding carboxylic acids is 1. The van der Waals surface area contributed by atoms with Crippen LogP contribution in [0.2, 0.25) is 0 Å². The summed E-state index contributed by atoms with van der Waals surface area (Å²) < 4.78 is 18.5. The smallest absolute Gasteiger partial charge is 0.245 e. The van der Waals surface area contributed by atoms with Gasteiger partial charge in [-0.3, -0.25) is 4.79 Å². The molecule has 2 aromatic carbocycles. The van der Waals surface area contributed by atoms with Crippen LogP contribution in [-0.2, 0) is 20.9 Å². The number of hydrogen-bond acceptors (Lipinski definition) is 5. The number of benzene rings is 2. The molecule has 0 saturated carbocycles. The van der Waals surface area contributed by atoms with Gasteiger partial charge in [0.25, 0.3) is 0 Å². The molecular formula is C20H20Br2N2O4. The summed E-state index contributed by atoms with van der Waals surface area (Å²) in [6.45, 7) is 3.13. The van der Waals surface area contributed by atoms with Crippen LogP contribution < -0.4 is 10.2 Å². The number of ether oxygens (including phenoxy) is 3. The second-order valence-electron chi connectivity index (χ2n) is 6.38. The van der Waals surface area contributed by atoms with E-state index in [1.165, 1.54) is 0 Å². The van der Waals surface area contributed by atoms with Crippen LogP contribution in [0.1, 0.15) is 24.5 Å². The highest BCUT2D eigenvalue weighted by Crippen LogP contribution is 2.32. The largest absolute Gasteiger partial charge is 0.487 e. The van der Waals surface area contributed by atoms with Crippen LogP contribution in [0.15, 0.2) is 56.5 Å². The number of carbonyl (C=O) groups is 1. The van der Waals surface area contributed by atoms with Crippen molar-refractivity contribution in [2.75, 3.05) is 13.2 Å².